The van der Waals surface area contributed by atoms with Crippen LogP contribution in [0.25, 0.3) is 0 Å². The summed E-state index contributed by atoms with van der Waals surface area (Å²) in [5, 5.41) is 19.0. The van der Waals surface area contributed by atoms with Crippen LogP contribution in [0.4, 0.5) is 5.82 Å². The van der Waals surface area contributed by atoms with E-state index < -0.39 is 0 Å². The summed E-state index contributed by atoms with van der Waals surface area (Å²) in [5.41, 5.74) is 0.402. The Morgan fingerprint density at radius 3 is 3.19 bits per heavy atom. The maximum absolute atomic E-state index is 11.0. The van der Waals surface area contributed by atoms with Crippen molar-refractivity contribution in [2.75, 3.05) is 18.5 Å². The molecule has 1 aromatic rings. The van der Waals surface area contributed by atoms with Crippen molar-refractivity contribution >= 4 is 11.8 Å². The summed E-state index contributed by atoms with van der Waals surface area (Å²) in [4.78, 5) is 11.0. The number of rotatable bonds is 5. The fourth-order valence-electron chi connectivity index (χ4n) is 1.07. The molecule has 0 saturated carbocycles. The zero-order valence-electron chi connectivity index (χ0n) is 8.93. The smallest absolute Gasteiger partial charge is 0.307 e. The van der Waals surface area contributed by atoms with Gasteiger partial charge in [-0.1, -0.05) is 0 Å². The molecule has 0 saturated heterocycles. The van der Waals surface area contributed by atoms with E-state index in [1.165, 1.54) is 6.20 Å². The van der Waals surface area contributed by atoms with Crippen LogP contribution >= 0.6 is 0 Å². The molecule has 0 atom stereocenters. The molecule has 0 aliphatic carbocycles. The Balaban J connectivity index is 2.43. The van der Waals surface area contributed by atoms with Crippen LogP contribution in [-0.4, -0.2) is 29.3 Å². The Kier molecular flexibility index (Phi) is 4.73. The lowest BCUT2D eigenvalue weighted by Gasteiger charge is -2.05. The fourth-order valence-corrected chi connectivity index (χ4v) is 1.07. The zero-order valence-corrected chi connectivity index (χ0v) is 8.93. The second-order valence-electron chi connectivity index (χ2n) is 2.89. The third-order valence-electron chi connectivity index (χ3n) is 1.77. The van der Waals surface area contributed by atoms with E-state index in [9.17, 15) is 4.79 Å². The first-order chi connectivity index (χ1) is 7.77. The molecule has 6 heteroatoms. The molecule has 1 heterocycles. The predicted molar refractivity (Wildman–Crippen MR) is 56.5 cm³/mol. The Bertz CT molecular complexity index is 400. The maximum atomic E-state index is 11.0. The molecule has 0 aliphatic rings. The monoisotopic (exact) mass is 220 g/mol. The van der Waals surface area contributed by atoms with Crippen molar-refractivity contribution in [2.24, 2.45) is 0 Å². The van der Waals surface area contributed by atoms with Gasteiger partial charge in [0, 0.05) is 6.54 Å². The first-order valence-electron chi connectivity index (χ1n) is 4.89. The number of nitrogens with one attached hydrogen (secondary N) is 1. The molecule has 0 unspecified atom stereocenters. The molecule has 1 rings (SSSR count). The lowest BCUT2D eigenvalue weighted by atomic mass is 10.3. The number of nitrogens with zero attached hydrogens (tertiary/aromatic N) is 3. The molecule has 1 aromatic heterocycles. The second-order valence-corrected chi connectivity index (χ2v) is 2.89. The van der Waals surface area contributed by atoms with Crippen LogP contribution in [0.15, 0.2) is 12.3 Å². The van der Waals surface area contributed by atoms with Gasteiger partial charge >= 0.3 is 5.97 Å². The van der Waals surface area contributed by atoms with E-state index in [1.54, 1.807) is 13.0 Å². The van der Waals surface area contributed by atoms with Gasteiger partial charge in [-0.15, -0.1) is 5.10 Å². The summed E-state index contributed by atoms with van der Waals surface area (Å²) in [5.74, 6) is 0.103. The number of ether oxygens (including phenoxy) is 1. The Hall–Kier alpha value is -2.16. The largest absolute Gasteiger partial charge is 0.466 e. The first kappa shape index (κ1) is 11.9. The molecule has 84 valence electrons. The summed E-state index contributed by atoms with van der Waals surface area (Å²) in [7, 11) is 0. The topological polar surface area (TPSA) is 87.9 Å². The van der Waals surface area contributed by atoms with E-state index in [1.807, 2.05) is 6.07 Å². The van der Waals surface area contributed by atoms with Crippen molar-refractivity contribution in [1.29, 1.82) is 5.26 Å². The highest BCUT2D eigenvalue weighted by Gasteiger charge is 2.04. The minimum absolute atomic E-state index is 0.231. The van der Waals surface area contributed by atoms with Gasteiger partial charge in [0.15, 0.2) is 5.82 Å². The Morgan fingerprint density at radius 1 is 1.69 bits per heavy atom. The van der Waals surface area contributed by atoms with Crippen LogP contribution in [0.1, 0.15) is 18.9 Å². The van der Waals surface area contributed by atoms with Crippen molar-refractivity contribution in [3.63, 3.8) is 0 Å². The molecule has 0 amide bonds. The van der Waals surface area contributed by atoms with Crippen LogP contribution in [-0.2, 0) is 9.53 Å². The van der Waals surface area contributed by atoms with Crippen molar-refractivity contribution in [2.45, 2.75) is 13.3 Å². The molecule has 0 radical (unpaired) electrons. The summed E-state index contributed by atoms with van der Waals surface area (Å²) in [6.07, 6.45) is 1.67. The summed E-state index contributed by atoms with van der Waals surface area (Å²) < 4.78 is 4.76. The number of esters is 1. The SMILES string of the molecule is CCOC(=O)CCNc1nnccc1C#N. The van der Waals surface area contributed by atoms with Crippen LogP contribution < -0.4 is 5.32 Å². The van der Waals surface area contributed by atoms with Crippen molar-refractivity contribution in [1.82, 2.24) is 10.2 Å². The molecular weight excluding hydrogens is 208 g/mol. The summed E-state index contributed by atoms with van der Waals surface area (Å²) in [6.45, 7) is 2.49. The van der Waals surface area contributed by atoms with Gasteiger partial charge in [-0.25, -0.2) is 0 Å². The number of hydrogen-bond acceptors (Lipinski definition) is 6. The molecule has 1 N–H and O–H groups in total. The standard InChI is InChI=1S/C10H12N4O2/c1-2-16-9(15)4-5-12-10-8(7-11)3-6-13-14-10/h3,6H,2,4-5H2,1H3,(H,12,14). The van der Waals surface area contributed by atoms with Crippen molar-refractivity contribution < 1.29 is 9.53 Å². The average Bonchev–Trinajstić information content (AvgIpc) is 2.30. The third-order valence-corrected chi connectivity index (χ3v) is 1.77. The molecule has 6 nitrogen and oxygen atoms in total. The van der Waals surface area contributed by atoms with Gasteiger partial charge in [0.25, 0.3) is 0 Å². The Morgan fingerprint density at radius 2 is 2.50 bits per heavy atom. The molecule has 0 spiro atoms. The molecule has 0 aliphatic heterocycles. The van der Waals surface area contributed by atoms with Crippen LogP contribution in [0.3, 0.4) is 0 Å². The lowest BCUT2D eigenvalue weighted by molar-refractivity contribution is -0.142. The van der Waals surface area contributed by atoms with Gasteiger partial charge in [0.05, 0.1) is 24.8 Å². The van der Waals surface area contributed by atoms with E-state index in [0.717, 1.165) is 0 Å². The van der Waals surface area contributed by atoms with Gasteiger partial charge in [-0.3, -0.25) is 4.79 Å². The highest BCUT2D eigenvalue weighted by Crippen LogP contribution is 2.07. The van der Waals surface area contributed by atoms with E-state index in [2.05, 4.69) is 15.5 Å². The number of carbonyl (C=O) groups excluding carboxylic acids is 1. The van der Waals surface area contributed by atoms with Gasteiger partial charge in [-0.05, 0) is 13.0 Å². The van der Waals surface area contributed by atoms with Gasteiger partial charge < -0.3 is 10.1 Å². The molecule has 0 fully saturated rings. The quantitative estimate of drug-likeness (QED) is 0.735. The van der Waals surface area contributed by atoms with E-state index >= 15 is 0 Å². The molecule has 16 heavy (non-hydrogen) atoms. The first-order valence-corrected chi connectivity index (χ1v) is 4.89. The third kappa shape index (κ3) is 3.53. The van der Waals surface area contributed by atoms with Crippen LogP contribution in [0, 0.1) is 11.3 Å². The average molecular weight is 220 g/mol. The number of hydrogen-bond donors (Lipinski definition) is 1. The van der Waals surface area contributed by atoms with Crippen LogP contribution in [0.5, 0.6) is 0 Å². The van der Waals surface area contributed by atoms with Crippen molar-refractivity contribution in [3.05, 3.63) is 17.8 Å². The van der Waals surface area contributed by atoms with Crippen LogP contribution in [0.2, 0.25) is 0 Å². The number of nitriles is 1. The molecular formula is C10H12N4O2. The number of carbonyl (C=O) groups is 1. The maximum Gasteiger partial charge on any atom is 0.307 e. The zero-order chi connectivity index (χ0) is 11.8. The highest BCUT2D eigenvalue weighted by molar-refractivity contribution is 5.70. The molecule has 0 aromatic carbocycles. The number of anilines is 1. The minimum Gasteiger partial charge on any atom is -0.466 e. The predicted octanol–water partition coefficient (Wildman–Crippen LogP) is 0.713. The normalized spacial score (nSPS) is 9.25. The fraction of sp³-hybridized carbons (Fsp3) is 0.400. The molecule has 0 bridgehead atoms. The van der Waals surface area contributed by atoms with Gasteiger partial charge in [0.2, 0.25) is 0 Å². The van der Waals surface area contributed by atoms with E-state index in [0.29, 0.717) is 24.5 Å². The lowest BCUT2D eigenvalue weighted by Crippen LogP contribution is -2.12. The van der Waals surface area contributed by atoms with E-state index in [4.69, 9.17) is 10.00 Å². The highest BCUT2D eigenvalue weighted by atomic mass is 16.5. The van der Waals surface area contributed by atoms with Gasteiger partial charge in [-0.2, -0.15) is 10.4 Å². The van der Waals surface area contributed by atoms with Gasteiger partial charge in [0.1, 0.15) is 6.07 Å². The summed E-state index contributed by atoms with van der Waals surface area (Å²) >= 11 is 0. The summed E-state index contributed by atoms with van der Waals surface area (Å²) in [6, 6.07) is 3.53. The minimum atomic E-state index is -0.280. The van der Waals surface area contributed by atoms with E-state index in [-0.39, 0.29) is 12.4 Å². The number of aromatic nitrogens is 2. The Labute approximate surface area is 93.2 Å². The van der Waals surface area contributed by atoms with Crippen molar-refractivity contribution in [3.8, 4) is 6.07 Å². The second kappa shape index (κ2) is 6.35.